The van der Waals surface area contributed by atoms with E-state index in [2.05, 4.69) is 15.5 Å². The molecule has 2 aromatic carbocycles. The number of rotatable bonds is 5. The van der Waals surface area contributed by atoms with Crippen LogP contribution in [-0.4, -0.2) is 15.9 Å². The van der Waals surface area contributed by atoms with E-state index in [0.717, 1.165) is 17.2 Å². The lowest BCUT2D eigenvalue weighted by atomic mass is 10.1. The molecule has 0 aromatic heterocycles. The van der Waals surface area contributed by atoms with Gasteiger partial charge in [0.25, 0.3) is 11.6 Å². The number of nitrogens with zero attached hydrogens (tertiary/aromatic N) is 3. The lowest BCUT2D eigenvalue weighted by molar-refractivity contribution is -0.384. The van der Waals surface area contributed by atoms with Crippen molar-refractivity contribution in [2.45, 2.75) is 20.8 Å². The largest absolute Gasteiger partial charge is 0.510 e. The highest BCUT2D eigenvalue weighted by Crippen LogP contribution is 2.31. The Morgan fingerprint density at radius 2 is 1.93 bits per heavy atom. The number of halogens is 1. The fourth-order valence-electron chi connectivity index (χ4n) is 2.25. The Morgan fingerprint density at radius 1 is 1.22 bits per heavy atom. The molecular formula is C18H17ClN4O4. The molecule has 0 saturated carbocycles. The number of allylic oxidation sites excluding steroid dienone is 1. The maximum absolute atomic E-state index is 12.4. The molecule has 1 amide bonds. The molecule has 0 fully saturated rings. The SMILES string of the molecule is C/C(O)=C(/N=Nc1ccc(Cl)cc1[N+](=O)[O-])C(=O)Nc1ccc(C)cc1C. The third-order valence-electron chi connectivity index (χ3n) is 3.58. The maximum atomic E-state index is 12.4. The number of anilines is 1. The molecule has 0 aliphatic carbocycles. The first-order valence-corrected chi connectivity index (χ1v) is 8.21. The first-order chi connectivity index (χ1) is 12.7. The van der Waals surface area contributed by atoms with Crippen molar-refractivity contribution in [1.82, 2.24) is 0 Å². The highest BCUT2D eigenvalue weighted by Gasteiger charge is 2.17. The van der Waals surface area contributed by atoms with Crippen molar-refractivity contribution in [3.8, 4) is 0 Å². The summed E-state index contributed by atoms with van der Waals surface area (Å²) in [7, 11) is 0. The second-order valence-corrected chi connectivity index (χ2v) is 6.23. The van der Waals surface area contributed by atoms with Gasteiger partial charge in [0.1, 0.15) is 5.76 Å². The highest BCUT2D eigenvalue weighted by atomic mass is 35.5. The summed E-state index contributed by atoms with van der Waals surface area (Å²) >= 11 is 5.75. The molecule has 0 atom stereocenters. The molecular weight excluding hydrogens is 372 g/mol. The van der Waals surface area contributed by atoms with Gasteiger partial charge in [-0.1, -0.05) is 29.3 Å². The van der Waals surface area contributed by atoms with Gasteiger partial charge in [-0.25, -0.2) is 0 Å². The second kappa shape index (κ2) is 8.41. The Balaban J connectivity index is 2.31. The number of aliphatic hydroxyl groups excluding tert-OH is 1. The summed E-state index contributed by atoms with van der Waals surface area (Å²) in [5.41, 5.74) is 1.60. The second-order valence-electron chi connectivity index (χ2n) is 5.80. The summed E-state index contributed by atoms with van der Waals surface area (Å²) in [4.78, 5) is 22.9. The summed E-state index contributed by atoms with van der Waals surface area (Å²) in [5, 5.41) is 31.1. The van der Waals surface area contributed by atoms with E-state index >= 15 is 0 Å². The number of aliphatic hydroxyl groups is 1. The van der Waals surface area contributed by atoms with Gasteiger partial charge in [0.05, 0.1) is 4.92 Å². The van der Waals surface area contributed by atoms with Crippen molar-refractivity contribution in [3.63, 3.8) is 0 Å². The van der Waals surface area contributed by atoms with Gasteiger partial charge in [0.2, 0.25) is 0 Å². The number of nitrogens with one attached hydrogen (secondary N) is 1. The Kier molecular flexibility index (Phi) is 6.25. The minimum Gasteiger partial charge on any atom is -0.510 e. The first kappa shape index (κ1) is 20.1. The third-order valence-corrected chi connectivity index (χ3v) is 3.81. The number of carbonyl (C=O) groups is 1. The van der Waals surface area contributed by atoms with Gasteiger partial charge < -0.3 is 10.4 Å². The number of azo groups is 1. The molecule has 0 unspecified atom stereocenters. The van der Waals surface area contributed by atoms with Crippen LogP contribution in [0.1, 0.15) is 18.1 Å². The van der Waals surface area contributed by atoms with Crippen LogP contribution in [0.3, 0.4) is 0 Å². The molecule has 9 heteroatoms. The van der Waals surface area contributed by atoms with Crippen molar-refractivity contribution in [3.05, 3.63) is 74.1 Å². The standard InChI is InChI=1S/C18H17ClN4O4/c1-10-4-6-14(11(2)8-10)20-18(25)17(12(3)24)22-21-15-7-5-13(19)9-16(15)23(26)27/h4-9,24H,1-3H3,(H,20,25)/b17-12-,22-21?. The number of amides is 1. The van der Waals surface area contributed by atoms with E-state index in [-0.39, 0.29) is 27.9 Å². The van der Waals surface area contributed by atoms with Crippen molar-refractivity contribution in [1.29, 1.82) is 0 Å². The van der Waals surface area contributed by atoms with Gasteiger partial charge in [-0.15, -0.1) is 10.2 Å². The normalized spacial score (nSPS) is 12.0. The van der Waals surface area contributed by atoms with E-state index in [1.165, 1.54) is 19.1 Å². The molecule has 2 rings (SSSR count). The number of carbonyl (C=O) groups excluding carboxylic acids is 1. The number of benzene rings is 2. The van der Waals surface area contributed by atoms with Crippen molar-refractivity contribution in [2.75, 3.05) is 5.32 Å². The topological polar surface area (TPSA) is 117 Å². The smallest absolute Gasteiger partial charge is 0.298 e. The van der Waals surface area contributed by atoms with Gasteiger partial charge in [-0.3, -0.25) is 14.9 Å². The van der Waals surface area contributed by atoms with Gasteiger partial charge >= 0.3 is 0 Å². The van der Waals surface area contributed by atoms with Crippen molar-refractivity contribution >= 4 is 34.6 Å². The average Bonchev–Trinajstić information content (AvgIpc) is 2.58. The van der Waals surface area contributed by atoms with E-state index in [0.29, 0.717) is 5.69 Å². The molecule has 2 N–H and O–H groups in total. The highest BCUT2D eigenvalue weighted by molar-refractivity contribution is 6.30. The molecule has 0 spiro atoms. The predicted octanol–water partition coefficient (Wildman–Crippen LogP) is 5.38. The molecule has 2 aromatic rings. The third kappa shape index (κ3) is 5.11. The summed E-state index contributed by atoms with van der Waals surface area (Å²) < 4.78 is 0. The molecule has 0 aliphatic heterocycles. The lowest BCUT2D eigenvalue weighted by Gasteiger charge is -2.09. The quantitative estimate of drug-likeness (QED) is 0.235. The Labute approximate surface area is 160 Å². The molecule has 0 bridgehead atoms. The fraction of sp³-hybridized carbons (Fsp3) is 0.167. The van der Waals surface area contributed by atoms with Crippen LogP contribution in [0.2, 0.25) is 5.02 Å². The number of hydrogen-bond acceptors (Lipinski definition) is 6. The molecule has 0 heterocycles. The number of nitro groups is 1. The fourth-order valence-corrected chi connectivity index (χ4v) is 2.42. The van der Waals surface area contributed by atoms with E-state index in [1.807, 2.05) is 26.0 Å². The van der Waals surface area contributed by atoms with Crippen LogP contribution >= 0.6 is 11.6 Å². The van der Waals surface area contributed by atoms with Crippen LogP contribution in [0.5, 0.6) is 0 Å². The zero-order valence-corrected chi connectivity index (χ0v) is 15.6. The van der Waals surface area contributed by atoms with Gasteiger partial charge in [0, 0.05) is 16.8 Å². The molecule has 140 valence electrons. The Hall–Kier alpha value is -3.26. The van der Waals surface area contributed by atoms with Gasteiger partial charge in [0.15, 0.2) is 11.4 Å². The number of aryl methyl sites for hydroxylation is 2. The zero-order valence-electron chi connectivity index (χ0n) is 14.9. The summed E-state index contributed by atoms with van der Waals surface area (Å²) in [6.07, 6.45) is 0. The zero-order chi connectivity index (χ0) is 20.1. The predicted molar refractivity (Wildman–Crippen MR) is 102 cm³/mol. The monoisotopic (exact) mass is 388 g/mol. The summed E-state index contributed by atoms with van der Waals surface area (Å²) in [6, 6.07) is 9.29. The van der Waals surface area contributed by atoms with E-state index in [1.54, 1.807) is 6.07 Å². The van der Waals surface area contributed by atoms with E-state index in [9.17, 15) is 20.0 Å². The maximum Gasteiger partial charge on any atom is 0.298 e. The van der Waals surface area contributed by atoms with Crippen LogP contribution < -0.4 is 5.32 Å². The molecule has 0 saturated heterocycles. The summed E-state index contributed by atoms with van der Waals surface area (Å²) in [6.45, 7) is 5.03. The van der Waals surface area contributed by atoms with Gasteiger partial charge in [-0.2, -0.15) is 0 Å². The van der Waals surface area contributed by atoms with Crippen LogP contribution in [0.4, 0.5) is 17.1 Å². The minimum atomic E-state index is -0.692. The van der Waals surface area contributed by atoms with Crippen LogP contribution in [0.25, 0.3) is 0 Å². The van der Waals surface area contributed by atoms with E-state index < -0.39 is 10.8 Å². The average molecular weight is 389 g/mol. The first-order valence-electron chi connectivity index (χ1n) is 7.83. The lowest BCUT2D eigenvalue weighted by Crippen LogP contribution is -2.15. The Morgan fingerprint density at radius 3 is 2.52 bits per heavy atom. The molecule has 27 heavy (non-hydrogen) atoms. The van der Waals surface area contributed by atoms with Gasteiger partial charge in [-0.05, 0) is 44.5 Å². The molecule has 0 aliphatic rings. The van der Waals surface area contributed by atoms with Crippen molar-refractivity contribution < 1.29 is 14.8 Å². The minimum absolute atomic E-state index is 0.0949. The Bertz CT molecular complexity index is 966. The van der Waals surface area contributed by atoms with Crippen LogP contribution in [0, 0.1) is 24.0 Å². The van der Waals surface area contributed by atoms with Crippen LogP contribution in [0.15, 0.2) is 58.1 Å². The molecule has 0 radical (unpaired) electrons. The molecule has 8 nitrogen and oxygen atoms in total. The summed E-state index contributed by atoms with van der Waals surface area (Å²) in [5.74, 6) is -1.07. The number of nitro benzene ring substituents is 1. The number of hydrogen-bond donors (Lipinski definition) is 2. The van der Waals surface area contributed by atoms with Crippen LogP contribution in [-0.2, 0) is 4.79 Å². The van der Waals surface area contributed by atoms with Crippen molar-refractivity contribution in [2.24, 2.45) is 10.2 Å². The van der Waals surface area contributed by atoms with E-state index in [4.69, 9.17) is 11.6 Å².